The first-order valence-corrected chi connectivity index (χ1v) is 9.35. The molecule has 2 fully saturated rings. The van der Waals surface area contributed by atoms with Crippen molar-refractivity contribution in [2.24, 2.45) is 5.41 Å². The number of amides is 2. The van der Waals surface area contributed by atoms with E-state index in [9.17, 15) is 14.7 Å². The zero-order valence-electron chi connectivity index (χ0n) is 15.1. The molecule has 1 N–H and O–H groups in total. The van der Waals surface area contributed by atoms with E-state index in [0.29, 0.717) is 38.3 Å². The van der Waals surface area contributed by atoms with Gasteiger partial charge in [-0.05, 0) is 19.3 Å². The molecule has 2 saturated heterocycles. The molecule has 7 heteroatoms. The Hall–Kier alpha value is -2.67. The van der Waals surface area contributed by atoms with Crippen molar-refractivity contribution in [2.75, 3.05) is 32.8 Å². The summed E-state index contributed by atoms with van der Waals surface area (Å²) in [6.45, 7) is 1.92. The van der Waals surface area contributed by atoms with Crippen LogP contribution in [0.25, 0.3) is 11.3 Å². The molecular formula is C20H23N3O4. The van der Waals surface area contributed by atoms with Crippen molar-refractivity contribution in [2.45, 2.75) is 19.3 Å². The van der Waals surface area contributed by atoms with Crippen LogP contribution in [0, 0.1) is 5.41 Å². The molecule has 0 aliphatic carbocycles. The van der Waals surface area contributed by atoms with Crippen LogP contribution >= 0.6 is 0 Å². The number of aromatic nitrogens is 1. The average molecular weight is 369 g/mol. The molecule has 1 atom stereocenters. The van der Waals surface area contributed by atoms with E-state index in [1.165, 1.54) is 0 Å². The second-order valence-electron chi connectivity index (χ2n) is 7.32. The Morgan fingerprint density at radius 2 is 2.04 bits per heavy atom. The number of likely N-dealkylation sites (tertiary alicyclic amines) is 2. The molecule has 4 rings (SSSR count). The van der Waals surface area contributed by atoms with Gasteiger partial charge in [0.05, 0.1) is 12.0 Å². The number of carbonyl (C=O) groups excluding carboxylic acids is 2. The lowest BCUT2D eigenvalue weighted by Crippen LogP contribution is -2.51. The number of benzene rings is 1. The minimum Gasteiger partial charge on any atom is -0.395 e. The van der Waals surface area contributed by atoms with Gasteiger partial charge in [0.1, 0.15) is 5.69 Å². The van der Waals surface area contributed by atoms with Crippen molar-refractivity contribution in [3.8, 4) is 11.3 Å². The van der Waals surface area contributed by atoms with Gasteiger partial charge in [-0.25, -0.2) is 0 Å². The lowest BCUT2D eigenvalue weighted by Gasteiger charge is -2.39. The van der Waals surface area contributed by atoms with Gasteiger partial charge in [-0.1, -0.05) is 35.5 Å². The first kappa shape index (κ1) is 17.7. The molecule has 1 spiro atoms. The van der Waals surface area contributed by atoms with E-state index in [1.54, 1.807) is 15.9 Å². The summed E-state index contributed by atoms with van der Waals surface area (Å²) in [5.74, 6) is 0.0238. The molecule has 1 aromatic heterocycles. The molecule has 0 saturated carbocycles. The Labute approximate surface area is 157 Å². The van der Waals surface area contributed by atoms with Crippen molar-refractivity contribution in [3.63, 3.8) is 0 Å². The second-order valence-corrected chi connectivity index (χ2v) is 7.32. The van der Waals surface area contributed by atoms with E-state index in [2.05, 4.69) is 5.16 Å². The third-order valence-corrected chi connectivity index (χ3v) is 5.63. The topological polar surface area (TPSA) is 86.9 Å². The van der Waals surface area contributed by atoms with E-state index in [1.807, 2.05) is 30.3 Å². The van der Waals surface area contributed by atoms with Crippen LogP contribution in [0.4, 0.5) is 0 Å². The number of rotatable bonds is 4. The summed E-state index contributed by atoms with van der Waals surface area (Å²) in [5, 5.41) is 13.2. The smallest absolute Gasteiger partial charge is 0.292 e. The largest absolute Gasteiger partial charge is 0.395 e. The zero-order valence-corrected chi connectivity index (χ0v) is 15.1. The minimum absolute atomic E-state index is 0.0369. The Morgan fingerprint density at radius 3 is 2.81 bits per heavy atom. The molecule has 2 aromatic rings. The highest BCUT2D eigenvalue weighted by atomic mass is 16.5. The number of aliphatic hydroxyl groups is 1. The summed E-state index contributed by atoms with van der Waals surface area (Å²) in [5.41, 5.74) is 0.988. The van der Waals surface area contributed by atoms with Gasteiger partial charge >= 0.3 is 0 Å². The van der Waals surface area contributed by atoms with E-state index >= 15 is 0 Å². The molecule has 2 amide bonds. The lowest BCUT2D eigenvalue weighted by molar-refractivity contribution is -0.146. The molecule has 0 radical (unpaired) electrons. The van der Waals surface area contributed by atoms with Crippen molar-refractivity contribution in [3.05, 3.63) is 42.2 Å². The molecule has 3 heterocycles. The van der Waals surface area contributed by atoms with Crippen LogP contribution in [0.5, 0.6) is 0 Å². The van der Waals surface area contributed by atoms with Gasteiger partial charge < -0.3 is 19.4 Å². The van der Waals surface area contributed by atoms with Gasteiger partial charge in [0, 0.05) is 37.8 Å². The number of hydrogen-bond acceptors (Lipinski definition) is 5. The van der Waals surface area contributed by atoms with E-state index in [4.69, 9.17) is 4.52 Å². The molecule has 27 heavy (non-hydrogen) atoms. The van der Waals surface area contributed by atoms with Crippen LogP contribution in [0.1, 0.15) is 29.8 Å². The van der Waals surface area contributed by atoms with Crippen molar-refractivity contribution < 1.29 is 19.2 Å². The highest BCUT2D eigenvalue weighted by Crippen LogP contribution is 2.40. The van der Waals surface area contributed by atoms with Crippen LogP contribution in [0.3, 0.4) is 0 Å². The number of aliphatic hydroxyl groups excluding tert-OH is 1. The van der Waals surface area contributed by atoms with Crippen LogP contribution in [0.2, 0.25) is 0 Å². The number of hydrogen-bond donors (Lipinski definition) is 1. The summed E-state index contributed by atoms with van der Waals surface area (Å²) in [4.78, 5) is 29.1. The Kier molecular flexibility index (Phi) is 4.70. The molecule has 1 unspecified atom stereocenters. The van der Waals surface area contributed by atoms with E-state index in [0.717, 1.165) is 18.4 Å². The van der Waals surface area contributed by atoms with Crippen LogP contribution < -0.4 is 0 Å². The van der Waals surface area contributed by atoms with Crippen LogP contribution in [0.15, 0.2) is 40.9 Å². The highest BCUT2D eigenvalue weighted by Gasteiger charge is 2.49. The number of β-amino-alcohol motifs (C(OH)–C–C–N with tert-alkyl or cyclic N) is 1. The normalized spacial score (nSPS) is 22.6. The molecule has 2 aliphatic heterocycles. The number of nitrogens with zero attached hydrogens (tertiary/aromatic N) is 3. The van der Waals surface area contributed by atoms with Crippen LogP contribution in [-0.2, 0) is 4.79 Å². The predicted octanol–water partition coefficient (Wildman–Crippen LogP) is 1.79. The molecule has 7 nitrogen and oxygen atoms in total. The quantitative estimate of drug-likeness (QED) is 0.888. The Bertz CT molecular complexity index is 833. The van der Waals surface area contributed by atoms with Gasteiger partial charge in [0.15, 0.2) is 0 Å². The van der Waals surface area contributed by atoms with Gasteiger partial charge in [-0.3, -0.25) is 9.59 Å². The molecule has 0 bridgehead atoms. The predicted molar refractivity (Wildman–Crippen MR) is 97.8 cm³/mol. The van der Waals surface area contributed by atoms with Crippen molar-refractivity contribution >= 4 is 11.8 Å². The summed E-state index contributed by atoms with van der Waals surface area (Å²) in [6, 6.07) is 11.2. The molecule has 2 aliphatic rings. The Morgan fingerprint density at radius 1 is 1.22 bits per heavy atom. The van der Waals surface area contributed by atoms with E-state index < -0.39 is 5.41 Å². The first-order chi connectivity index (χ1) is 13.1. The summed E-state index contributed by atoms with van der Waals surface area (Å²) < 4.78 is 5.29. The minimum atomic E-state index is -0.522. The third-order valence-electron chi connectivity index (χ3n) is 5.63. The fraction of sp³-hybridized carbons (Fsp3) is 0.450. The molecule has 142 valence electrons. The van der Waals surface area contributed by atoms with Gasteiger partial charge in [0.25, 0.3) is 5.91 Å². The monoisotopic (exact) mass is 369 g/mol. The summed E-state index contributed by atoms with van der Waals surface area (Å²) in [6.07, 6.45) is 2.33. The van der Waals surface area contributed by atoms with E-state index in [-0.39, 0.29) is 24.2 Å². The van der Waals surface area contributed by atoms with Crippen molar-refractivity contribution in [1.29, 1.82) is 0 Å². The first-order valence-electron chi connectivity index (χ1n) is 9.35. The summed E-state index contributed by atoms with van der Waals surface area (Å²) >= 11 is 0. The molecular weight excluding hydrogens is 346 g/mol. The maximum Gasteiger partial charge on any atom is 0.292 e. The third kappa shape index (κ3) is 3.23. The van der Waals surface area contributed by atoms with Gasteiger partial charge in [-0.15, -0.1) is 0 Å². The fourth-order valence-corrected chi connectivity index (χ4v) is 4.19. The number of piperidine rings is 1. The SMILES string of the molecule is O=C(c1cc(-c2ccccc2)no1)N1CCC2(CCCN(CCO)C2=O)C1. The maximum absolute atomic E-state index is 12.9. The standard InChI is InChI=1S/C20H23N3O4/c24-12-11-22-9-4-7-20(19(22)26)8-10-23(14-20)18(25)17-13-16(21-27-17)15-5-2-1-3-6-15/h1-3,5-6,13,24H,4,7-12,14H2. The highest BCUT2D eigenvalue weighted by molar-refractivity contribution is 5.94. The second kappa shape index (κ2) is 7.15. The van der Waals surface area contributed by atoms with Crippen LogP contribution in [-0.4, -0.2) is 64.7 Å². The maximum atomic E-state index is 12.9. The average Bonchev–Trinajstić information content (AvgIpc) is 3.35. The van der Waals surface area contributed by atoms with Gasteiger partial charge in [-0.2, -0.15) is 0 Å². The van der Waals surface area contributed by atoms with Gasteiger partial charge in [0.2, 0.25) is 11.7 Å². The molecule has 1 aromatic carbocycles. The van der Waals surface area contributed by atoms with Crippen molar-refractivity contribution in [1.82, 2.24) is 15.0 Å². The lowest BCUT2D eigenvalue weighted by atomic mass is 9.78. The zero-order chi connectivity index (χ0) is 18.9. The number of carbonyl (C=O) groups is 2. The fourth-order valence-electron chi connectivity index (χ4n) is 4.19. The summed E-state index contributed by atoms with van der Waals surface area (Å²) in [7, 11) is 0. The Balaban J connectivity index is 1.48.